The van der Waals surface area contributed by atoms with E-state index < -0.39 is 65.8 Å². The highest BCUT2D eigenvalue weighted by Gasteiger charge is 2.76. The van der Waals surface area contributed by atoms with Crippen molar-refractivity contribution in [3.63, 3.8) is 0 Å². The Morgan fingerprint density at radius 2 is 0.939 bits per heavy atom. The molecule has 0 saturated heterocycles. The van der Waals surface area contributed by atoms with Crippen molar-refractivity contribution in [2.45, 2.75) is 69.0 Å². The largest absolute Gasteiger partial charge is 0.460 e. The molecule has 0 amide bonds. The van der Waals surface area contributed by atoms with Gasteiger partial charge >= 0.3 is 48.0 Å². The Morgan fingerprint density at radius 1 is 0.636 bits per heavy atom. The Kier molecular flexibility index (Phi) is 8.51. The maximum Gasteiger partial charge on any atom is 0.460 e. The number of ether oxygens (including phenoxy) is 2. The summed E-state index contributed by atoms with van der Waals surface area (Å²) in [6.07, 6.45) is -20.8. The first-order valence-corrected chi connectivity index (χ1v) is 7.99. The lowest BCUT2D eigenvalue weighted by atomic mass is 10.1. The van der Waals surface area contributed by atoms with E-state index in [1.165, 1.54) is 0 Å². The molecule has 0 aromatic carbocycles. The quantitative estimate of drug-likeness (QED) is 0.242. The van der Waals surface area contributed by atoms with Gasteiger partial charge in [-0.2, -0.15) is 61.5 Å². The second-order valence-corrected chi connectivity index (χ2v) is 6.34. The van der Waals surface area contributed by atoms with Crippen molar-refractivity contribution in [2.75, 3.05) is 0 Å². The van der Waals surface area contributed by atoms with Gasteiger partial charge in [-0.1, -0.05) is 0 Å². The molecule has 2 unspecified atom stereocenters. The average molecular weight is 522 g/mol. The van der Waals surface area contributed by atoms with E-state index >= 15 is 0 Å². The molecule has 18 heteroatoms. The second kappa shape index (κ2) is 9.15. The number of hydrogen-bond acceptors (Lipinski definition) is 4. The van der Waals surface area contributed by atoms with Crippen LogP contribution in [0.2, 0.25) is 0 Å². The minimum absolute atomic E-state index is 0.0923. The van der Waals surface area contributed by atoms with Gasteiger partial charge < -0.3 is 9.47 Å². The van der Waals surface area contributed by atoms with E-state index in [-0.39, 0.29) is 19.9 Å². The highest BCUT2D eigenvalue weighted by atomic mass is 19.4. The summed E-state index contributed by atoms with van der Waals surface area (Å²) >= 11 is 0. The number of hydrogen-bond donors (Lipinski definition) is 0. The lowest BCUT2D eigenvalue weighted by Crippen LogP contribution is -2.58. The summed E-state index contributed by atoms with van der Waals surface area (Å²) < 4.78 is 185. The van der Waals surface area contributed by atoms with Crippen molar-refractivity contribution in [3.05, 3.63) is 11.6 Å². The zero-order chi connectivity index (χ0) is 27.0. The summed E-state index contributed by atoms with van der Waals surface area (Å²) in [4.78, 5) is 22.9. The highest BCUT2D eigenvalue weighted by Crippen LogP contribution is 2.49. The number of alkyl halides is 14. The molecule has 0 bridgehead atoms. The summed E-state index contributed by atoms with van der Waals surface area (Å²) in [6, 6.07) is 0. The fourth-order valence-corrected chi connectivity index (χ4v) is 1.73. The van der Waals surface area contributed by atoms with Crippen LogP contribution in [0.25, 0.3) is 0 Å². The summed E-state index contributed by atoms with van der Waals surface area (Å²) in [5, 5.41) is 0. The van der Waals surface area contributed by atoms with Gasteiger partial charge in [-0.15, -0.1) is 0 Å². The molecule has 0 fully saturated rings. The van der Waals surface area contributed by atoms with E-state index in [0.717, 1.165) is 0 Å². The molecule has 194 valence electrons. The van der Waals surface area contributed by atoms with E-state index in [1.807, 2.05) is 0 Å². The zero-order valence-electron chi connectivity index (χ0n) is 16.2. The predicted octanol–water partition coefficient (Wildman–Crippen LogP) is 5.46. The Balaban J connectivity index is 5.47. The molecule has 0 spiro atoms. The zero-order valence-corrected chi connectivity index (χ0v) is 16.2. The smallest absolute Gasteiger partial charge is 0.453 e. The van der Waals surface area contributed by atoms with Crippen LogP contribution < -0.4 is 0 Å². The van der Waals surface area contributed by atoms with Crippen molar-refractivity contribution in [1.29, 1.82) is 0 Å². The van der Waals surface area contributed by atoms with Gasteiger partial charge in [-0.25, -0.2) is 9.59 Å². The molecule has 33 heavy (non-hydrogen) atoms. The van der Waals surface area contributed by atoms with Crippen molar-refractivity contribution >= 4 is 11.9 Å². The van der Waals surface area contributed by atoms with Gasteiger partial charge in [0.1, 0.15) is 0 Å². The second-order valence-electron chi connectivity index (χ2n) is 6.34. The third-order valence-electron chi connectivity index (χ3n) is 3.80. The predicted molar refractivity (Wildman–Crippen MR) is 76.8 cm³/mol. The van der Waals surface area contributed by atoms with E-state index in [2.05, 4.69) is 9.47 Å². The summed E-state index contributed by atoms with van der Waals surface area (Å²) in [5.41, 5.74) is -1.27. The molecular weight excluding hydrogens is 510 g/mol. The van der Waals surface area contributed by atoms with Gasteiger partial charge in [-0.3, -0.25) is 0 Å². The van der Waals surface area contributed by atoms with Crippen LogP contribution in [0, 0.1) is 0 Å². The van der Waals surface area contributed by atoms with Crippen molar-refractivity contribution < 1.29 is 80.5 Å². The molecule has 0 rings (SSSR count). The maximum atomic E-state index is 13.4. The van der Waals surface area contributed by atoms with Crippen LogP contribution in [0.3, 0.4) is 0 Å². The topological polar surface area (TPSA) is 52.6 Å². The molecule has 0 heterocycles. The van der Waals surface area contributed by atoms with Crippen molar-refractivity contribution in [1.82, 2.24) is 0 Å². The van der Waals surface area contributed by atoms with Crippen LogP contribution >= 0.6 is 0 Å². The molecule has 0 aliphatic heterocycles. The minimum atomic E-state index is -6.77. The average Bonchev–Trinajstić information content (AvgIpc) is 2.58. The fraction of sp³-hybridized carbons (Fsp3) is 0.733. The first-order valence-electron chi connectivity index (χ1n) is 7.99. The van der Waals surface area contributed by atoms with Crippen molar-refractivity contribution in [2.24, 2.45) is 0 Å². The molecular formula is C15H12F14O4. The van der Waals surface area contributed by atoms with Crippen LogP contribution in [0.4, 0.5) is 61.5 Å². The van der Waals surface area contributed by atoms with Gasteiger partial charge in [0, 0.05) is 11.6 Å². The van der Waals surface area contributed by atoms with Gasteiger partial charge in [-0.05, 0) is 20.8 Å². The lowest BCUT2D eigenvalue weighted by molar-refractivity contribution is -0.369. The molecule has 0 saturated carbocycles. The molecule has 0 N–H and O–H groups in total. The lowest BCUT2D eigenvalue weighted by Gasteiger charge is -2.32. The Labute approximate surface area is 174 Å². The van der Waals surface area contributed by atoms with Gasteiger partial charge in [0.25, 0.3) is 0 Å². The van der Waals surface area contributed by atoms with E-state index in [1.54, 1.807) is 0 Å². The first kappa shape index (κ1) is 30.7. The Morgan fingerprint density at radius 3 is 1.24 bits per heavy atom. The van der Waals surface area contributed by atoms with Gasteiger partial charge in [0.2, 0.25) is 0 Å². The van der Waals surface area contributed by atoms with Gasteiger partial charge in [0.05, 0.1) is 0 Å². The van der Waals surface area contributed by atoms with Crippen LogP contribution in [-0.4, -0.2) is 60.2 Å². The monoisotopic (exact) mass is 522 g/mol. The van der Waals surface area contributed by atoms with Crippen molar-refractivity contribution in [3.8, 4) is 0 Å². The number of halogens is 14. The standard InChI is InChI=1S/C15H12F14O4/c1-5(9(31)33-7(3)11(18,19)13(22,23)15(27,28)29)4-8(30)32-6(2)10(16,17)12(20,21)14(24,25)26/h4,6-7H,1-3H3/b5-4-. The number of esters is 2. The minimum Gasteiger partial charge on any atom is -0.453 e. The fourth-order valence-electron chi connectivity index (χ4n) is 1.73. The van der Waals surface area contributed by atoms with E-state index in [0.29, 0.717) is 6.92 Å². The van der Waals surface area contributed by atoms with Crippen LogP contribution in [-0.2, 0) is 19.1 Å². The molecule has 0 radical (unpaired) electrons. The van der Waals surface area contributed by atoms with E-state index in [9.17, 15) is 71.1 Å². The number of carbonyl (C=O) groups excluding carboxylic acids is 2. The number of carbonyl (C=O) groups is 2. The summed E-state index contributed by atoms with van der Waals surface area (Å²) in [7, 11) is 0. The number of rotatable bonds is 8. The molecule has 0 aromatic rings. The SMILES string of the molecule is C/C(=C/C(=O)OC(C)C(F)(F)C(F)(F)C(F)(F)F)C(=O)OC(C)C(F)(F)C(F)(F)C(F)(F)F. The third kappa shape index (κ3) is 5.99. The molecule has 0 aliphatic carbocycles. The normalized spacial score (nSPS) is 16.8. The van der Waals surface area contributed by atoms with Crippen LogP contribution in [0.15, 0.2) is 11.6 Å². The first-order chi connectivity index (χ1) is 14.2. The highest BCUT2D eigenvalue weighted by molar-refractivity contribution is 5.96. The van der Waals surface area contributed by atoms with Gasteiger partial charge in [0.15, 0.2) is 12.2 Å². The maximum absolute atomic E-state index is 13.4. The van der Waals surface area contributed by atoms with Crippen LogP contribution in [0.5, 0.6) is 0 Å². The third-order valence-corrected chi connectivity index (χ3v) is 3.80. The summed E-state index contributed by atoms with van der Waals surface area (Å²) in [5.74, 6) is -29.8. The molecule has 4 nitrogen and oxygen atoms in total. The summed E-state index contributed by atoms with van der Waals surface area (Å²) in [6.45, 7) is 0.245. The Bertz CT molecular complexity index is 766. The molecule has 2 atom stereocenters. The Hall–Kier alpha value is -2.30. The molecule has 0 aliphatic rings. The van der Waals surface area contributed by atoms with Crippen LogP contribution in [0.1, 0.15) is 20.8 Å². The molecule has 0 aromatic heterocycles. The van der Waals surface area contributed by atoms with E-state index in [4.69, 9.17) is 0 Å².